The maximum atomic E-state index is 14.8. The number of ether oxygens (including phenoxy) is 1. The van der Waals surface area contributed by atoms with Crippen molar-refractivity contribution in [2.75, 3.05) is 23.0 Å². The van der Waals surface area contributed by atoms with Crippen molar-refractivity contribution in [1.29, 1.82) is 0 Å². The maximum absolute atomic E-state index is 14.8. The second-order valence-corrected chi connectivity index (χ2v) is 19.2. The number of hydrogen-bond donors (Lipinski definition) is 2. The van der Waals surface area contributed by atoms with Gasteiger partial charge in [-0.25, -0.2) is 0 Å². The summed E-state index contributed by atoms with van der Waals surface area (Å²) in [5, 5.41) is 10.3. The zero-order chi connectivity index (χ0) is 34.0. The summed E-state index contributed by atoms with van der Waals surface area (Å²) in [6.07, 6.45) is 1.29. The van der Waals surface area contributed by atoms with Gasteiger partial charge in [-0.3, -0.25) is 14.4 Å². The van der Waals surface area contributed by atoms with E-state index in [1.807, 2.05) is 86.7 Å². The second kappa shape index (κ2) is 12.5. The van der Waals surface area contributed by atoms with Crippen molar-refractivity contribution in [3.05, 3.63) is 93.5 Å². The topological polar surface area (TPSA) is 111 Å². The first-order chi connectivity index (χ1) is 22.9. The summed E-state index contributed by atoms with van der Waals surface area (Å²) in [5.74, 6) is -0.650. The predicted octanol–water partition coefficient (Wildman–Crippen LogP) is 5.26. The normalized spacial score (nSPS) is 26.8. The van der Waals surface area contributed by atoms with E-state index >= 15 is 0 Å². The van der Waals surface area contributed by atoms with Gasteiger partial charge in [0.05, 0.1) is 37.4 Å². The molecule has 0 aromatic heterocycles. The fourth-order valence-corrected chi connectivity index (χ4v) is 11.5. The standard InChI is InChI=1S/C37H42BrN3O6Si/c1-23-35(48(2,3)46)32(19-34(44)40-21-26-8-5-4-7-25(26)17-29(40)22-42)47-37(23)30-18-27(38)12-15-31(30)41(36(37)45)20-24-10-13-28(14-11-24)39-16-6-9-33(39)43/h4-5,7-8,10-15,18,23,29,32,35,42,46H,6,9,16-17,19-22H2,1-3H3/t23-,29+,32+,35-,37+/m1/s1. The van der Waals surface area contributed by atoms with Crippen molar-refractivity contribution in [3.63, 3.8) is 0 Å². The minimum absolute atomic E-state index is 0.000285. The monoisotopic (exact) mass is 731 g/mol. The summed E-state index contributed by atoms with van der Waals surface area (Å²) in [5.41, 5.74) is 3.64. The van der Waals surface area contributed by atoms with E-state index in [0.29, 0.717) is 32.5 Å². The number of benzene rings is 3. The first-order valence-corrected chi connectivity index (χ1v) is 20.6. The maximum Gasteiger partial charge on any atom is 0.264 e. The number of carbonyl (C=O) groups is 3. The fraction of sp³-hybridized carbons (Fsp3) is 0.432. The van der Waals surface area contributed by atoms with Gasteiger partial charge < -0.3 is 29.3 Å². The van der Waals surface area contributed by atoms with E-state index in [9.17, 15) is 24.3 Å². The number of fused-ring (bicyclic) bond motifs is 3. The number of nitrogens with zero attached hydrogens (tertiary/aromatic N) is 3. The van der Waals surface area contributed by atoms with Gasteiger partial charge in [0.15, 0.2) is 13.9 Å². The molecule has 11 heteroatoms. The fourth-order valence-electron chi connectivity index (χ4n) is 8.62. The lowest BCUT2D eigenvalue weighted by Crippen LogP contribution is -2.48. The van der Waals surface area contributed by atoms with Crippen molar-refractivity contribution in [2.45, 2.75) is 82.1 Å². The predicted molar refractivity (Wildman–Crippen MR) is 189 cm³/mol. The van der Waals surface area contributed by atoms with Gasteiger partial charge in [-0.1, -0.05) is 59.3 Å². The average Bonchev–Trinajstić information content (AvgIpc) is 3.69. The lowest BCUT2D eigenvalue weighted by atomic mass is 9.82. The molecular weight excluding hydrogens is 690 g/mol. The largest absolute Gasteiger partial charge is 0.432 e. The molecular formula is C37H42BrN3O6Si. The van der Waals surface area contributed by atoms with Crippen molar-refractivity contribution < 1.29 is 29.0 Å². The number of hydrogen-bond acceptors (Lipinski definition) is 6. The lowest BCUT2D eigenvalue weighted by Gasteiger charge is -2.37. The van der Waals surface area contributed by atoms with Crippen molar-refractivity contribution in [2.24, 2.45) is 5.92 Å². The molecule has 3 aromatic carbocycles. The highest BCUT2D eigenvalue weighted by Gasteiger charge is 2.66. The summed E-state index contributed by atoms with van der Waals surface area (Å²) >= 11 is 3.61. The van der Waals surface area contributed by atoms with Gasteiger partial charge in [0.1, 0.15) is 0 Å². The highest BCUT2D eigenvalue weighted by molar-refractivity contribution is 9.10. The molecule has 0 bridgehead atoms. The van der Waals surface area contributed by atoms with E-state index in [4.69, 9.17) is 4.74 Å². The van der Waals surface area contributed by atoms with E-state index in [0.717, 1.165) is 44.5 Å². The molecule has 3 amide bonds. The molecule has 9 nitrogen and oxygen atoms in total. The molecule has 0 aliphatic carbocycles. The highest BCUT2D eigenvalue weighted by atomic mass is 79.9. The number of carbonyl (C=O) groups excluding carboxylic acids is 3. The second-order valence-electron chi connectivity index (χ2n) is 14.3. The third kappa shape index (κ3) is 5.53. The molecule has 7 rings (SSSR count). The van der Waals surface area contributed by atoms with Gasteiger partial charge in [0.2, 0.25) is 11.8 Å². The van der Waals surface area contributed by atoms with E-state index in [1.165, 1.54) is 0 Å². The Hall–Kier alpha value is -3.35. The molecule has 4 aliphatic rings. The molecule has 252 valence electrons. The molecule has 3 aromatic rings. The summed E-state index contributed by atoms with van der Waals surface area (Å²) < 4.78 is 7.74. The van der Waals surface area contributed by atoms with Gasteiger partial charge in [-0.2, -0.15) is 0 Å². The van der Waals surface area contributed by atoms with E-state index in [1.54, 1.807) is 14.7 Å². The van der Waals surface area contributed by atoms with Crippen LogP contribution in [0.4, 0.5) is 11.4 Å². The van der Waals surface area contributed by atoms with Gasteiger partial charge in [0.25, 0.3) is 5.91 Å². The van der Waals surface area contributed by atoms with Crippen molar-refractivity contribution >= 4 is 53.3 Å². The van der Waals surface area contributed by atoms with Crippen LogP contribution >= 0.6 is 15.9 Å². The number of rotatable bonds is 7. The zero-order valence-electron chi connectivity index (χ0n) is 27.6. The molecule has 2 N–H and O–H groups in total. The Kier molecular flexibility index (Phi) is 8.64. The van der Waals surface area contributed by atoms with Crippen LogP contribution < -0.4 is 9.80 Å². The number of aliphatic hydroxyl groups is 1. The minimum Gasteiger partial charge on any atom is -0.432 e. The molecule has 4 heterocycles. The smallest absolute Gasteiger partial charge is 0.264 e. The van der Waals surface area contributed by atoms with Crippen LogP contribution in [0.25, 0.3) is 0 Å². The Bertz CT molecular complexity index is 1760. The van der Waals surface area contributed by atoms with E-state index in [2.05, 4.69) is 15.9 Å². The molecule has 1 spiro atoms. The van der Waals surface area contributed by atoms with Gasteiger partial charge >= 0.3 is 0 Å². The quantitative estimate of drug-likeness (QED) is 0.321. The molecule has 2 saturated heterocycles. The zero-order valence-corrected chi connectivity index (χ0v) is 30.2. The van der Waals surface area contributed by atoms with Crippen LogP contribution in [-0.2, 0) is 44.2 Å². The number of anilines is 2. The van der Waals surface area contributed by atoms with E-state index in [-0.39, 0.29) is 36.8 Å². The Labute approximate surface area is 290 Å². The Balaban J connectivity index is 1.20. The Morgan fingerprint density at radius 3 is 2.46 bits per heavy atom. The molecule has 4 aliphatic heterocycles. The summed E-state index contributed by atoms with van der Waals surface area (Å²) in [7, 11) is -2.99. The molecule has 0 radical (unpaired) electrons. The third-order valence-electron chi connectivity index (χ3n) is 10.9. The van der Waals surface area contributed by atoms with Crippen LogP contribution in [0.1, 0.15) is 48.4 Å². The van der Waals surface area contributed by atoms with Crippen LogP contribution in [0.5, 0.6) is 0 Å². The van der Waals surface area contributed by atoms with Crippen molar-refractivity contribution in [3.8, 4) is 0 Å². The molecule has 0 saturated carbocycles. The van der Waals surface area contributed by atoms with Gasteiger partial charge in [-0.05, 0) is 73.0 Å². The first-order valence-electron chi connectivity index (χ1n) is 16.8. The van der Waals surface area contributed by atoms with Crippen LogP contribution in [0.3, 0.4) is 0 Å². The molecule has 5 atom stereocenters. The third-order valence-corrected chi connectivity index (χ3v) is 13.9. The minimum atomic E-state index is -2.99. The summed E-state index contributed by atoms with van der Waals surface area (Å²) in [4.78, 5) is 58.2. The van der Waals surface area contributed by atoms with Crippen LogP contribution in [0.2, 0.25) is 18.6 Å². The summed E-state index contributed by atoms with van der Waals surface area (Å²) in [6.45, 7) is 6.94. The SMILES string of the molecule is C[C@@H]1[C@@H]([Si](C)(C)O)[C@H](CC(=O)N2Cc3ccccc3C[C@H]2CO)O[C@@]12C(=O)N(Cc1ccc(N3CCCC3=O)cc1)c1ccc(Br)cc12. The van der Waals surface area contributed by atoms with Crippen LogP contribution in [0, 0.1) is 5.92 Å². The number of halogens is 1. The highest BCUT2D eigenvalue weighted by Crippen LogP contribution is 2.60. The van der Waals surface area contributed by atoms with E-state index < -0.39 is 31.5 Å². The summed E-state index contributed by atoms with van der Waals surface area (Å²) in [6, 6.07) is 21.2. The average molecular weight is 733 g/mol. The van der Waals surface area contributed by atoms with Gasteiger partial charge in [0, 0.05) is 46.7 Å². The van der Waals surface area contributed by atoms with Crippen LogP contribution in [-0.4, -0.2) is 66.1 Å². The Morgan fingerprint density at radius 2 is 1.79 bits per heavy atom. The number of amides is 3. The van der Waals surface area contributed by atoms with Crippen molar-refractivity contribution in [1.82, 2.24) is 4.90 Å². The molecule has 0 unspecified atom stereocenters. The molecule has 2 fully saturated rings. The molecule has 48 heavy (non-hydrogen) atoms. The van der Waals surface area contributed by atoms with Gasteiger partial charge in [-0.15, -0.1) is 0 Å². The van der Waals surface area contributed by atoms with Crippen LogP contribution in [0.15, 0.2) is 71.2 Å². The lowest BCUT2D eigenvalue weighted by molar-refractivity contribution is -0.151. The number of aliphatic hydroxyl groups excluding tert-OH is 1. The Morgan fingerprint density at radius 1 is 1.06 bits per heavy atom. The first kappa shape index (κ1) is 33.2.